The number of aromatic nitrogens is 2. The van der Waals surface area contributed by atoms with Crippen molar-refractivity contribution in [2.45, 2.75) is 11.3 Å². The fourth-order valence-corrected chi connectivity index (χ4v) is 2.00. The molecule has 2 aromatic rings. The van der Waals surface area contributed by atoms with Crippen LogP contribution >= 0.6 is 23.4 Å². The largest absolute Gasteiger partial charge is 0.416 e. The topological polar surface area (TPSA) is 25.8 Å². The molecule has 0 unspecified atom stereocenters. The fourth-order valence-electron chi connectivity index (χ4n) is 1.34. The van der Waals surface area contributed by atoms with Crippen molar-refractivity contribution in [1.82, 2.24) is 9.97 Å². The van der Waals surface area contributed by atoms with Crippen LogP contribution in [-0.2, 0) is 6.18 Å². The first-order chi connectivity index (χ1) is 7.91. The van der Waals surface area contributed by atoms with E-state index < -0.39 is 11.7 Å². The molecule has 0 bridgehead atoms. The lowest BCUT2D eigenvalue weighted by atomic mass is 10.1. The van der Waals surface area contributed by atoms with Gasteiger partial charge in [0, 0.05) is 5.39 Å². The Hall–Kier alpha value is -1.01. The van der Waals surface area contributed by atoms with E-state index in [1.165, 1.54) is 17.8 Å². The lowest BCUT2D eigenvalue weighted by molar-refractivity contribution is -0.137. The molecule has 0 saturated heterocycles. The summed E-state index contributed by atoms with van der Waals surface area (Å²) in [4.78, 5) is 7.94. The van der Waals surface area contributed by atoms with E-state index in [0.29, 0.717) is 10.5 Å². The number of fused-ring (bicyclic) bond motifs is 1. The molecule has 0 N–H and O–H groups in total. The van der Waals surface area contributed by atoms with Crippen LogP contribution in [0.3, 0.4) is 0 Å². The smallest absolute Gasteiger partial charge is 0.222 e. The molecule has 1 aromatic heterocycles. The minimum absolute atomic E-state index is 0.160. The molecule has 0 aliphatic rings. The molecule has 0 aliphatic heterocycles. The summed E-state index contributed by atoms with van der Waals surface area (Å²) in [6.07, 6.45) is -2.66. The summed E-state index contributed by atoms with van der Waals surface area (Å²) in [6, 6.07) is 3.23. The van der Waals surface area contributed by atoms with Crippen LogP contribution < -0.4 is 0 Å². The first kappa shape index (κ1) is 12.4. The van der Waals surface area contributed by atoms with Crippen molar-refractivity contribution in [2.24, 2.45) is 0 Å². The summed E-state index contributed by atoms with van der Waals surface area (Å²) in [7, 11) is 0. The van der Waals surface area contributed by atoms with E-state index in [1.54, 1.807) is 6.26 Å². The van der Waals surface area contributed by atoms with Gasteiger partial charge in [-0.05, 0) is 24.5 Å². The fraction of sp³-hybridized carbons (Fsp3) is 0.200. The average Bonchev–Trinajstić information content (AvgIpc) is 2.27. The molecule has 0 fully saturated rings. The number of benzene rings is 1. The number of thioether (sulfide) groups is 1. The second-order valence-electron chi connectivity index (χ2n) is 3.23. The van der Waals surface area contributed by atoms with Crippen LogP contribution in [0.1, 0.15) is 5.56 Å². The van der Waals surface area contributed by atoms with E-state index in [0.717, 1.165) is 12.1 Å². The Morgan fingerprint density at radius 1 is 1.24 bits per heavy atom. The molecule has 0 saturated carbocycles. The van der Waals surface area contributed by atoms with Crippen LogP contribution in [0.15, 0.2) is 23.4 Å². The summed E-state index contributed by atoms with van der Waals surface area (Å²) in [5, 5.41) is 0.923. The van der Waals surface area contributed by atoms with E-state index in [1.807, 2.05) is 0 Å². The van der Waals surface area contributed by atoms with Crippen LogP contribution in [0.2, 0.25) is 5.15 Å². The summed E-state index contributed by atoms with van der Waals surface area (Å²) in [5.41, 5.74) is -0.545. The van der Waals surface area contributed by atoms with Gasteiger partial charge >= 0.3 is 6.18 Å². The highest BCUT2D eigenvalue weighted by molar-refractivity contribution is 7.98. The van der Waals surface area contributed by atoms with Gasteiger partial charge in [0.05, 0.1) is 11.1 Å². The van der Waals surface area contributed by atoms with Gasteiger partial charge in [0.15, 0.2) is 5.16 Å². The van der Waals surface area contributed by atoms with E-state index in [9.17, 15) is 13.2 Å². The predicted octanol–water partition coefficient (Wildman–Crippen LogP) is 4.02. The standard InChI is InChI=1S/C10H6ClF3N2S/c1-17-9-15-7-4-5(10(12,13)14)2-3-6(7)8(11)16-9/h2-4H,1H3. The molecule has 0 amide bonds. The van der Waals surface area contributed by atoms with E-state index in [-0.39, 0.29) is 10.7 Å². The molecule has 0 spiro atoms. The predicted molar refractivity (Wildman–Crippen MR) is 61.3 cm³/mol. The number of alkyl halides is 3. The van der Waals surface area contributed by atoms with Crippen molar-refractivity contribution in [3.05, 3.63) is 28.9 Å². The van der Waals surface area contributed by atoms with Crippen molar-refractivity contribution in [2.75, 3.05) is 6.26 Å². The molecule has 2 nitrogen and oxygen atoms in total. The van der Waals surface area contributed by atoms with Crippen LogP contribution in [0.5, 0.6) is 0 Å². The average molecular weight is 279 g/mol. The molecular formula is C10H6ClF3N2S. The van der Waals surface area contributed by atoms with Crippen molar-refractivity contribution >= 4 is 34.3 Å². The minimum Gasteiger partial charge on any atom is -0.222 e. The number of hydrogen-bond donors (Lipinski definition) is 0. The van der Waals surface area contributed by atoms with Crippen molar-refractivity contribution in [3.8, 4) is 0 Å². The van der Waals surface area contributed by atoms with Crippen molar-refractivity contribution in [1.29, 1.82) is 0 Å². The highest BCUT2D eigenvalue weighted by Crippen LogP contribution is 2.32. The summed E-state index contributed by atoms with van der Waals surface area (Å²) in [6.45, 7) is 0. The molecule has 90 valence electrons. The van der Waals surface area contributed by atoms with Gasteiger partial charge in [-0.2, -0.15) is 13.2 Å². The molecule has 0 aliphatic carbocycles. The van der Waals surface area contributed by atoms with Gasteiger partial charge in [-0.3, -0.25) is 0 Å². The van der Waals surface area contributed by atoms with Crippen molar-refractivity contribution in [3.63, 3.8) is 0 Å². The first-order valence-corrected chi connectivity index (χ1v) is 6.10. The van der Waals surface area contributed by atoms with Gasteiger partial charge in [0.2, 0.25) is 0 Å². The number of nitrogens with zero attached hydrogens (tertiary/aromatic N) is 2. The Kier molecular flexibility index (Phi) is 3.18. The summed E-state index contributed by atoms with van der Waals surface area (Å²) in [5.74, 6) is 0. The normalized spacial score (nSPS) is 12.1. The Labute approximate surface area is 104 Å². The zero-order valence-electron chi connectivity index (χ0n) is 8.55. The first-order valence-electron chi connectivity index (χ1n) is 4.50. The molecular weight excluding hydrogens is 273 g/mol. The zero-order valence-corrected chi connectivity index (χ0v) is 10.1. The molecule has 2 rings (SSSR count). The Bertz CT molecular complexity index is 571. The third-order valence-corrected chi connectivity index (χ3v) is 2.98. The maximum Gasteiger partial charge on any atom is 0.416 e. The maximum atomic E-state index is 12.5. The minimum atomic E-state index is -4.38. The number of hydrogen-bond acceptors (Lipinski definition) is 3. The van der Waals surface area contributed by atoms with Crippen LogP contribution in [0, 0.1) is 0 Å². The lowest BCUT2D eigenvalue weighted by Crippen LogP contribution is -2.04. The third kappa shape index (κ3) is 2.47. The quantitative estimate of drug-likeness (QED) is 0.447. The zero-order chi connectivity index (χ0) is 12.6. The summed E-state index contributed by atoms with van der Waals surface area (Å²) < 4.78 is 37.6. The third-order valence-electron chi connectivity index (χ3n) is 2.14. The van der Waals surface area contributed by atoms with Gasteiger partial charge in [-0.25, -0.2) is 9.97 Å². The second-order valence-corrected chi connectivity index (χ2v) is 4.36. The van der Waals surface area contributed by atoms with Gasteiger partial charge in [0.25, 0.3) is 0 Å². The summed E-state index contributed by atoms with van der Waals surface area (Å²) >= 11 is 7.09. The van der Waals surface area contributed by atoms with Gasteiger partial charge in [0.1, 0.15) is 5.15 Å². The van der Waals surface area contributed by atoms with E-state index in [2.05, 4.69) is 9.97 Å². The van der Waals surface area contributed by atoms with E-state index >= 15 is 0 Å². The molecule has 7 heteroatoms. The van der Waals surface area contributed by atoms with Gasteiger partial charge in [-0.15, -0.1) is 0 Å². The number of halogens is 4. The van der Waals surface area contributed by atoms with Gasteiger partial charge < -0.3 is 0 Å². The second kappa shape index (κ2) is 4.34. The highest BCUT2D eigenvalue weighted by atomic mass is 35.5. The van der Waals surface area contributed by atoms with Crippen molar-refractivity contribution < 1.29 is 13.2 Å². The SMILES string of the molecule is CSc1nc(Cl)c2ccc(C(F)(F)F)cc2n1. The number of rotatable bonds is 1. The molecule has 1 aromatic carbocycles. The molecule has 1 heterocycles. The Morgan fingerprint density at radius 2 is 1.94 bits per heavy atom. The van der Waals surface area contributed by atoms with Gasteiger partial charge in [-0.1, -0.05) is 23.4 Å². The molecule has 0 radical (unpaired) electrons. The van der Waals surface area contributed by atoms with Crippen LogP contribution in [0.25, 0.3) is 10.9 Å². The molecule has 0 atom stereocenters. The van der Waals surface area contributed by atoms with E-state index in [4.69, 9.17) is 11.6 Å². The Balaban J connectivity index is 2.68. The monoisotopic (exact) mass is 278 g/mol. The van der Waals surface area contributed by atoms with Crippen LogP contribution in [-0.4, -0.2) is 16.2 Å². The molecule has 17 heavy (non-hydrogen) atoms. The maximum absolute atomic E-state index is 12.5. The Morgan fingerprint density at radius 3 is 2.53 bits per heavy atom. The lowest BCUT2D eigenvalue weighted by Gasteiger charge is -2.08. The highest BCUT2D eigenvalue weighted by Gasteiger charge is 2.30. The van der Waals surface area contributed by atoms with Crippen LogP contribution in [0.4, 0.5) is 13.2 Å².